The Morgan fingerprint density at radius 2 is 2.28 bits per heavy atom. The van der Waals surface area contributed by atoms with E-state index in [-0.39, 0.29) is 0 Å². The maximum atomic E-state index is 6.06. The van der Waals surface area contributed by atoms with E-state index in [1.54, 1.807) is 18.4 Å². The van der Waals surface area contributed by atoms with E-state index in [4.69, 9.17) is 10.5 Å². The van der Waals surface area contributed by atoms with Crippen molar-refractivity contribution in [3.8, 4) is 0 Å². The minimum absolute atomic E-state index is 0.324. The van der Waals surface area contributed by atoms with Crippen LogP contribution in [-0.2, 0) is 4.74 Å². The van der Waals surface area contributed by atoms with Gasteiger partial charge in [-0.05, 0) is 32.4 Å². The molecule has 4 nitrogen and oxygen atoms in total. The van der Waals surface area contributed by atoms with Gasteiger partial charge in [-0.15, -0.1) is 11.3 Å². The van der Waals surface area contributed by atoms with E-state index < -0.39 is 0 Å². The Morgan fingerprint density at radius 1 is 1.50 bits per heavy atom. The maximum absolute atomic E-state index is 6.06. The summed E-state index contributed by atoms with van der Waals surface area (Å²) in [5.41, 5.74) is 8.79. The first kappa shape index (κ1) is 13.1. The third-order valence-electron chi connectivity index (χ3n) is 2.82. The lowest BCUT2D eigenvalue weighted by Crippen LogP contribution is -2.18. The fourth-order valence-corrected chi connectivity index (χ4v) is 2.72. The van der Waals surface area contributed by atoms with Gasteiger partial charge < -0.3 is 15.8 Å². The molecule has 0 aliphatic heterocycles. The third kappa shape index (κ3) is 2.91. The summed E-state index contributed by atoms with van der Waals surface area (Å²) < 4.78 is 6.21. The third-order valence-corrected chi connectivity index (χ3v) is 3.76. The number of nitrogen functional groups attached to an aromatic ring is 1. The molecule has 0 fully saturated rings. The van der Waals surface area contributed by atoms with Crippen LogP contribution in [0.1, 0.15) is 18.4 Å². The first-order valence-corrected chi connectivity index (χ1v) is 6.84. The summed E-state index contributed by atoms with van der Waals surface area (Å²) in [5.74, 6) is 0. The van der Waals surface area contributed by atoms with E-state index in [9.17, 15) is 0 Å². The molecule has 0 amide bonds. The monoisotopic (exact) mass is 265 g/mol. The molecule has 2 aromatic rings. The van der Waals surface area contributed by atoms with Crippen LogP contribution in [0.15, 0.2) is 12.1 Å². The van der Waals surface area contributed by atoms with Crippen molar-refractivity contribution in [1.29, 1.82) is 0 Å². The molecule has 1 aromatic heterocycles. The quantitative estimate of drug-likeness (QED) is 0.816. The predicted octanol–water partition coefficient (Wildman–Crippen LogP) is 3.02. The molecular weight excluding hydrogens is 246 g/mol. The number of anilines is 2. The zero-order valence-corrected chi connectivity index (χ0v) is 11.8. The molecule has 98 valence electrons. The van der Waals surface area contributed by atoms with Gasteiger partial charge in [0.2, 0.25) is 0 Å². The summed E-state index contributed by atoms with van der Waals surface area (Å²) in [6, 6.07) is 4.34. The minimum Gasteiger partial charge on any atom is -0.397 e. The van der Waals surface area contributed by atoms with E-state index in [0.717, 1.165) is 39.6 Å². The normalized spacial score (nSPS) is 12.8. The number of rotatable bonds is 5. The number of nitrogens with zero attached hydrogens (tertiary/aromatic N) is 1. The van der Waals surface area contributed by atoms with Crippen LogP contribution in [0.3, 0.4) is 0 Å². The Hall–Kier alpha value is -1.33. The molecule has 2 rings (SSSR count). The van der Waals surface area contributed by atoms with Crippen molar-refractivity contribution in [2.75, 3.05) is 24.8 Å². The second kappa shape index (κ2) is 5.54. The van der Waals surface area contributed by atoms with Crippen LogP contribution in [0.25, 0.3) is 10.2 Å². The van der Waals surface area contributed by atoms with Crippen molar-refractivity contribution < 1.29 is 4.74 Å². The molecule has 0 saturated heterocycles. The van der Waals surface area contributed by atoms with Crippen molar-refractivity contribution in [2.45, 2.75) is 26.3 Å². The highest BCUT2D eigenvalue weighted by Gasteiger charge is 2.08. The van der Waals surface area contributed by atoms with E-state index in [1.165, 1.54) is 0 Å². The van der Waals surface area contributed by atoms with Gasteiger partial charge in [0, 0.05) is 19.8 Å². The summed E-state index contributed by atoms with van der Waals surface area (Å²) in [7, 11) is 1.71. The van der Waals surface area contributed by atoms with Gasteiger partial charge in [-0.25, -0.2) is 4.98 Å². The van der Waals surface area contributed by atoms with Crippen LogP contribution in [0.2, 0.25) is 0 Å². The molecule has 1 atom stereocenters. The number of hydrogen-bond donors (Lipinski definition) is 2. The summed E-state index contributed by atoms with van der Waals surface area (Å²) in [6.07, 6.45) is 0.948. The average molecular weight is 265 g/mol. The van der Waals surface area contributed by atoms with Gasteiger partial charge in [0.15, 0.2) is 0 Å². The van der Waals surface area contributed by atoms with Crippen LogP contribution in [0.4, 0.5) is 11.4 Å². The maximum Gasteiger partial charge on any atom is 0.0907 e. The van der Waals surface area contributed by atoms with Crippen LogP contribution in [-0.4, -0.2) is 24.7 Å². The van der Waals surface area contributed by atoms with Crippen LogP contribution in [0, 0.1) is 6.92 Å². The highest BCUT2D eigenvalue weighted by Crippen LogP contribution is 2.30. The van der Waals surface area contributed by atoms with Crippen LogP contribution < -0.4 is 11.1 Å². The molecule has 0 bridgehead atoms. The smallest absolute Gasteiger partial charge is 0.0907 e. The fraction of sp³-hybridized carbons (Fsp3) is 0.462. The lowest BCUT2D eigenvalue weighted by molar-refractivity contribution is 0.191. The number of nitrogens with one attached hydrogen (secondary N) is 1. The number of ether oxygens (including phenoxy) is 1. The van der Waals surface area contributed by atoms with Crippen molar-refractivity contribution in [3.63, 3.8) is 0 Å². The second-order valence-corrected chi connectivity index (χ2v) is 5.70. The topological polar surface area (TPSA) is 60.2 Å². The van der Waals surface area contributed by atoms with Crippen LogP contribution in [0.5, 0.6) is 0 Å². The Bertz CT molecular complexity index is 538. The first-order chi connectivity index (χ1) is 8.60. The van der Waals surface area contributed by atoms with E-state index in [2.05, 4.69) is 17.2 Å². The van der Waals surface area contributed by atoms with Gasteiger partial charge >= 0.3 is 0 Å². The zero-order valence-electron chi connectivity index (χ0n) is 11.0. The summed E-state index contributed by atoms with van der Waals surface area (Å²) in [6.45, 7) is 4.87. The Kier molecular flexibility index (Phi) is 4.04. The van der Waals surface area contributed by atoms with E-state index in [1.807, 2.05) is 19.1 Å². The predicted molar refractivity (Wildman–Crippen MR) is 78.3 cm³/mol. The van der Waals surface area contributed by atoms with E-state index >= 15 is 0 Å². The average Bonchev–Trinajstić information content (AvgIpc) is 2.66. The van der Waals surface area contributed by atoms with Crippen molar-refractivity contribution in [3.05, 3.63) is 17.1 Å². The number of hydrogen-bond acceptors (Lipinski definition) is 5. The molecule has 0 saturated carbocycles. The van der Waals surface area contributed by atoms with Crippen LogP contribution >= 0.6 is 11.3 Å². The number of methoxy groups -OCH3 is 1. The molecule has 1 unspecified atom stereocenters. The Balaban J connectivity index is 2.19. The fourth-order valence-electron chi connectivity index (χ4n) is 1.86. The SMILES string of the molecule is COCCC(C)Nc1cc2nc(C)sc2cc1N. The number of aryl methyl sites for hydroxylation is 1. The van der Waals surface area contributed by atoms with Gasteiger partial charge in [-0.2, -0.15) is 0 Å². The first-order valence-electron chi connectivity index (χ1n) is 6.02. The Morgan fingerprint density at radius 3 is 3.00 bits per heavy atom. The summed E-state index contributed by atoms with van der Waals surface area (Å²) in [4.78, 5) is 4.48. The van der Waals surface area contributed by atoms with E-state index in [0.29, 0.717) is 6.04 Å². The van der Waals surface area contributed by atoms with Gasteiger partial charge in [0.05, 0.1) is 26.6 Å². The Labute approximate surface area is 111 Å². The molecule has 5 heteroatoms. The van der Waals surface area contributed by atoms with Crippen molar-refractivity contribution >= 4 is 32.9 Å². The molecule has 1 heterocycles. The number of fused-ring (bicyclic) bond motifs is 1. The molecule has 0 aliphatic carbocycles. The van der Waals surface area contributed by atoms with Gasteiger partial charge in [0.25, 0.3) is 0 Å². The number of thiazole rings is 1. The zero-order chi connectivity index (χ0) is 13.1. The van der Waals surface area contributed by atoms with Gasteiger partial charge in [-0.3, -0.25) is 0 Å². The molecule has 3 N–H and O–H groups in total. The van der Waals surface area contributed by atoms with Crippen molar-refractivity contribution in [1.82, 2.24) is 4.98 Å². The number of benzene rings is 1. The molecule has 0 radical (unpaired) electrons. The largest absolute Gasteiger partial charge is 0.397 e. The highest BCUT2D eigenvalue weighted by atomic mass is 32.1. The summed E-state index contributed by atoms with van der Waals surface area (Å²) >= 11 is 1.67. The van der Waals surface area contributed by atoms with Gasteiger partial charge in [-0.1, -0.05) is 0 Å². The molecule has 0 aliphatic rings. The lowest BCUT2D eigenvalue weighted by Gasteiger charge is -2.16. The second-order valence-electron chi connectivity index (χ2n) is 4.47. The minimum atomic E-state index is 0.324. The standard InChI is InChI=1S/C13H19N3OS/c1-8(4-5-17-3)15-11-7-12-13(6-10(11)14)18-9(2)16-12/h6-8,15H,4-5,14H2,1-3H3. The number of nitrogens with two attached hydrogens (primary N) is 1. The summed E-state index contributed by atoms with van der Waals surface area (Å²) in [5, 5.41) is 4.47. The molecule has 0 spiro atoms. The lowest BCUT2D eigenvalue weighted by atomic mass is 10.2. The van der Waals surface area contributed by atoms with Crippen molar-refractivity contribution in [2.24, 2.45) is 0 Å². The van der Waals surface area contributed by atoms with Gasteiger partial charge in [0.1, 0.15) is 0 Å². The highest BCUT2D eigenvalue weighted by molar-refractivity contribution is 7.18. The molecule has 1 aromatic carbocycles. The molecular formula is C13H19N3OS. The molecule has 18 heavy (non-hydrogen) atoms. The number of aromatic nitrogens is 1.